The van der Waals surface area contributed by atoms with Gasteiger partial charge in [-0.25, -0.2) is 4.79 Å². The zero-order valence-electron chi connectivity index (χ0n) is 8.64. The van der Waals surface area contributed by atoms with Gasteiger partial charge >= 0.3 is 5.69 Å². The predicted octanol–water partition coefficient (Wildman–Crippen LogP) is 1.78. The van der Waals surface area contributed by atoms with Crippen LogP contribution in [0.25, 0.3) is 5.69 Å². The van der Waals surface area contributed by atoms with Crippen LogP contribution in [0.5, 0.6) is 0 Å². The minimum absolute atomic E-state index is 0.259. The summed E-state index contributed by atoms with van der Waals surface area (Å²) in [7, 11) is 0. The van der Waals surface area contributed by atoms with E-state index in [9.17, 15) is 4.79 Å². The number of halogens is 1. The Hall–Kier alpha value is -1.81. The van der Waals surface area contributed by atoms with E-state index in [2.05, 4.69) is 4.98 Å². The van der Waals surface area contributed by atoms with E-state index in [-0.39, 0.29) is 5.82 Å². The van der Waals surface area contributed by atoms with Crippen molar-refractivity contribution < 1.29 is 0 Å². The highest BCUT2D eigenvalue weighted by molar-refractivity contribution is 6.30. The highest BCUT2D eigenvalue weighted by Gasteiger charge is 2.03. The number of aryl methyl sites for hydroxylation is 1. The molecule has 2 rings (SSSR count). The summed E-state index contributed by atoms with van der Waals surface area (Å²) < 4.78 is 1.43. The Labute approximate surface area is 97.3 Å². The summed E-state index contributed by atoms with van der Waals surface area (Å²) in [6.45, 7) is 1.80. The molecular weight excluding hydrogens is 226 g/mol. The highest BCUT2D eigenvalue weighted by atomic mass is 35.5. The summed E-state index contributed by atoms with van der Waals surface area (Å²) in [5.74, 6) is 0.259. The summed E-state index contributed by atoms with van der Waals surface area (Å²) in [5.41, 5.74) is 6.62. The van der Waals surface area contributed by atoms with Gasteiger partial charge in [-0.2, -0.15) is 4.98 Å². The lowest BCUT2D eigenvalue weighted by Gasteiger charge is -2.07. The molecule has 0 aliphatic carbocycles. The topological polar surface area (TPSA) is 60.9 Å². The van der Waals surface area contributed by atoms with Crippen LogP contribution in [0.1, 0.15) is 5.56 Å². The van der Waals surface area contributed by atoms with Crippen LogP contribution in [0.2, 0.25) is 5.02 Å². The standard InChI is InChI=1S/C11H10ClN3O/c1-7-6-15(11(16)14-10(7)13)9-4-2-8(12)3-5-9/h2-6H,1H3,(H2,13,14,16). The maximum Gasteiger partial charge on any atom is 0.354 e. The van der Waals surface area contributed by atoms with Gasteiger partial charge in [-0.15, -0.1) is 0 Å². The van der Waals surface area contributed by atoms with Crippen LogP contribution in [-0.2, 0) is 0 Å². The number of rotatable bonds is 1. The van der Waals surface area contributed by atoms with Crippen molar-refractivity contribution in [3.8, 4) is 5.69 Å². The molecule has 1 aromatic carbocycles. The SMILES string of the molecule is Cc1cn(-c2ccc(Cl)cc2)c(=O)nc1N. The normalized spacial score (nSPS) is 10.4. The lowest BCUT2D eigenvalue weighted by atomic mass is 10.3. The van der Waals surface area contributed by atoms with Gasteiger partial charge in [0.2, 0.25) is 0 Å². The van der Waals surface area contributed by atoms with Crippen molar-refractivity contribution in [1.82, 2.24) is 9.55 Å². The first-order chi connectivity index (χ1) is 7.58. The van der Waals surface area contributed by atoms with Gasteiger partial charge in [0.25, 0.3) is 0 Å². The average Bonchev–Trinajstić information content (AvgIpc) is 2.25. The molecule has 82 valence electrons. The van der Waals surface area contributed by atoms with E-state index in [1.807, 2.05) is 0 Å². The number of aromatic nitrogens is 2. The molecule has 0 amide bonds. The average molecular weight is 236 g/mol. The van der Waals surface area contributed by atoms with Crippen LogP contribution < -0.4 is 11.4 Å². The number of nitrogen functional groups attached to an aromatic ring is 1. The third kappa shape index (κ3) is 1.92. The summed E-state index contributed by atoms with van der Waals surface area (Å²) in [5, 5.41) is 0.622. The van der Waals surface area contributed by atoms with E-state index in [0.29, 0.717) is 10.7 Å². The Kier molecular flexibility index (Phi) is 2.66. The monoisotopic (exact) mass is 235 g/mol. The summed E-state index contributed by atoms with van der Waals surface area (Å²) in [6.07, 6.45) is 1.66. The number of hydrogen-bond donors (Lipinski definition) is 1. The molecule has 0 unspecified atom stereocenters. The molecule has 0 fully saturated rings. The second-order valence-electron chi connectivity index (χ2n) is 3.44. The molecule has 2 aromatic rings. The fraction of sp³-hybridized carbons (Fsp3) is 0.0909. The lowest BCUT2D eigenvalue weighted by molar-refractivity contribution is 0.906. The van der Waals surface area contributed by atoms with Crippen molar-refractivity contribution in [2.24, 2.45) is 0 Å². The Morgan fingerprint density at radius 2 is 1.94 bits per heavy atom. The first-order valence-corrected chi connectivity index (χ1v) is 5.07. The molecule has 5 heteroatoms. The molecule has 0 spiro atoms. The second-order valence-corrected chi connectivity index (χ2v) is 3.87. The van der Waals surface area contributed by atoms with Crippen molar-refractivity contribution in [3.05, 3.63) is 51.5 Å². The zero-order valence-corrected chi connectivity index (χ0v) is 9.40. The molecule has 0 saturated heterocycles. The van der Waals surface area contributed by atoms with E-state index in [1.54, 1.807) is 37.4 Å². The Bertz CT molecular complexity index is 575. The molecule has 0 radical (unpaired) electrons. The van der Waals surface area contributed by atoms with E-state index < -0.39 is 5.69 Å². The quantitative estimate of drug-likeness (QED) is 0.820. The molecule has 0 atom stereocenters. The molecule has 16 heavy (non-hydrogen) atoms. The molecule has 1 aromatic heterocycles. The fourth-order valence-corrected chi connectivity index (χ4v) is 1.47. The summed E-state index contributed by atoms with van der Waals surface area (Å²) in [4.78, 5) is 15.3. The molecule has 2 N–H and O–H groups in total. The van der Waals surface area contributed by atoms with Gasteiger partial charge in [0.1, 0.15) is 5.82 Å². The number of benzene rings is 1. The van der Waals surface area contributed by atoms with Gasteiger partial charge in [-0.3, -0.25) is 4.57 Å². The fourth-order valence-electron chi connectivity index (χ4n) is 1.35. The van der Waals surface area contributed by atoms with Crippen LogP contribution in [0, 0.1) is 6.92 Å². The molecule has 0 bridgehead atoms. The van der Waals surface area contributed by atoms with Crippen LogP contribution in [0.3, 0.4) is 0 Å². The second kappa shape index (κ2) is 3.98. The van der Waals surface area contributed by atoms with E-state index in [4.69, 9.17) is 17.3 Å². The predicted molar refractivity (Wildman–Crippen MR) is 64.0 cm³/mol. The zero-order chi connectivity index (χ0) is 11.7. The van der Waals surface area contributed by atoms with Gasteiger partial charge in [-0.05, 0) is 31.2 Å². The lowest BCUT2D eigenvalue weighted by Crippen LogP contribution is -2.22. The van der Waals surface area contributed by atoms with E-state index in [0.717, 1.165) is 5.56 Å². The minimum Gasteiger partial charge on any atom is -0.383 e. The molecule has 1 heterocycles. The largest absolute Gasteiger partial charge is 0.383 e. The van der Waals surface area contributed by atoms with Gasteiger partial charge < -0.3 is 5.73 Å². The van der Waals surface area contributed by atoms with Gasteiger partial charge in [0, 0.05) is 16.8 Å². The van der Waals surface area contributed by atoms with Crippen LogP contribution in [-0.4, -0.2) is 9.55 Å². The Balaban J connectivity index is 2.60. The molecule has 4 nitrogen and oxygen atoms in total. The number of nitrogens with zero attached hydrogens (tertiary/aromatic N) is 2. The number of nitrogens with two attached hydrogens (primary N) is 1. The maximum absolute atomic E-state index is 11.6. The third-order valence-electron chi connectivity index (χ3n) is 2.25. The third-order valence-corrected chi connectivity index (χ3v) is 2.51. The molecular formula is C11H10ClN3O. The van der Waals surface area contributed by atoms with Crippen molar-refractivity contribution in [1.29, 1.82) is 0 Å². The first kappa shape index (κ1) is 10.7. The van der Waals surface area contributed by atoms with Crippen LogP contribution >= 0.6 is 11.6 Å². The van der Waals surface area contributed by atoms with Gasteiger partial charge in [0.15, 0.2) is 0 Å². The Morgan fingerprint density at radius 1 is 1.31 bits per heavy atom. The van der Waals surface area contributed by atoms with Crippen molar-refractivity contribution in [2.45, 2.75) is 6.92 Å². The van der Waals surface area contributed by atoms with Gasteiger partial charge in [-0.1, -0.05) is 11.6 Å². The van der Waals surface area contributed by atoms with E-state index >= 15 is 0 Å². The van der Waals surface area contributed by atoms with Crippen molar-refractivity contribution >= 4 is 17.4 Å². The minimum atomic E-state index is -0.398. The van der Waals surface area contributed by atoms with E-state index in [1.165, 1.54) is 4.57 Å². The molecule has 0 saturated carbocycles. The van der Waals surface area contributed by atoms with Crippen molar-refractivity contribution in [3.63, 3.8) is 0 Å². The van der Waals surface area contributed by atoms with Crippen LogP contribution in [0.4, 0.5) is 5.82 Å². The smallest absolute Gasteiger partial charge is 0.354 e. The maximum atomic E-state index is 11.6. The van der Waals surface area contributed by atoms with Gasteiger partial charge in [0.05, 0.1) is 5.69 Å². The Morgan fingerprint density at radius 3 is 2.56 bits per heavy atom. The highest BCUT2D eigenvalue weighted by Crippen LogP contribution is 2.13. The van der Waals surface area contributed by atoms with Crippen molar-refractivity contribution in [2.75, 3.05) is 5.73 Å². The molecule has 0 aliphatic rings. The summed E-state index contributed by atoms with van der Waals surface area (Å²) in [6, 6.07) is 6.94. The number of hydrogen-bond acceptors (Lipinski definition) is 3. The molecule has 0 aliphatic heterocycles. The van der Waals surface area contributed by atoms with Crippen LogP contribution in [0.15, 0.2) is 35.3 Å². The summed E-state index contributed by atoms with van der Waals surface area (Å²) >= 11 is 5.77. The number of anilines is 1. The first-order valence-electron chi connectivity index (χ1n) is 4.69.